The smallest absolute Gasteiger partial charge is 0.310 e. The second-order valence-corrected chi connectivity index (χ2v) is 4.99. The van der Waals surface area contributed by atoms with Gasteiger partial charge in [0.05, 0.1) is 4.92 Å². The molecule has 0 amide bonds. The maximum atomic E-state index is 11.0. The van der Waals surface area contributed by atoms with E-state index in [4.69, 9.17) is 0 Å². The van der Waals surface area contributed by atoms with Crippen LogP contribution < -0.4 is 10.2 Å². The van der Waals surface area contributed by atoms with E-state index >= 15 is 0 Å². The van der Waals surface area contributed by atoms with Gasteiger partial charge in [0.2, 0.25) is 0 Å². The summed E-state index contributed by atoms with van der Waals surface area (Å²) in [4.78, 5) is 16.6. The monoisotopic (exact) mass is 248 g/mol. The number of nitro groups is 1. The molecule has 96 valence electrons. The highest BCUT2D eigenvalue weighted by atomic mass is 16.6. The van der Waals surface area contributed by atoms with E-state index in [9.17, 15) is 10.1 Å². The van der Waals surface area contributed by atoms with Crippen molar-refractivity contribution in [1.82, 2.24) is 10.3 Å². The van der Waals surface area contributed by atoms with Gasteiger partial charge in [-0.3, -0.25) is 15.1 Å². The fourth-order valence-electron chi connectivity index (χ4n) is 3.03. The van der Waals surface area contributed by atoms with Crippen molar-refractivity contribution in [3.63, 3.8) is 0 Å². The summed E-state index contributed by atoms with van der Waals surface area (Å²) < 4.78 is 0. The standard InChI is InChI=1S/C12H16N4O2/c17-16(18)12-6-13-5-3-11(12)15-7-9-2-1-4-14-10(9)8-15/h3,5-6,9-10,14H,1-2,4,7-8H2/t9-,10+/m0/s1. The summed E-state index contributed by atoms with van der Waals surface area (Å²) in [6, 6.07) is 2.22. The molecule has 0 unspecified atom stereocenters. The van der Waals surface area contributed by atoms with E-state index in [1.54, 1.807) is 12.3 Å². The molecule has 1 N–H and O–H groups in total. The van der Waals surface area contributed by atoms with Gasteiger partial charge in [-0.15, -0.1) is 0 Å². The molecule has 1 aromatic rings. The number of anilines is 1. The van der Waals surface area contributed by atoms with Gasteiger partial charge in [-0.05, 0) is 31.4 Å². The first-order chi connectivity index (χ1) is 8.75. The predicted octanol–water partition coefficient (Wildman–Crippen LogP) is 1.18. The minimum atomic E-state index is -0.349. The van der Waals surface area contributed by atoms with Crippen LogP contribution in [0.3, 0.4) is 0 Å². The zero-order chi connectivity index (χ0) is 12.5. The van der Waals surface area contributed by atoms with Crippen LogP contribution in [0, 0.1) is 16.0 Å². The largest absolute Gasteiger partial charge is 0.364 e. The lowest BCUT2D eigenvalue weighted by Gasteiger charge is -2.24. The van der Waals surface area contributed by atoms with Gasteiger partial charge < -0.3 is 10.2 Å². The molecular weight excluding hydrogens is 232 g/mol. The Balaban J connectivity index is 1.85. The molecule has 0 aliphatic carbocycles. The van der Waals surface area contributed by atoms with Crippen LogP contribution in [0.2, 0.25) is 0 Å². The van der Waals surface area contributed by atoms with Crippen molar-refractivity contribution in [3.05, 3.63) is 28.6 Å². The van der Waals surface area contributed by atoms with E-state index in [0.29, 0.717) is 17.6 Å². The molecule has 3 heterocycles. The SMILES string of the molecule is O=[N+]([O-])c1cnccc1N1C[C@@H]2CCCN[C@@H]2C1. The van der Waals surface area contributed by atoms with E-state index in [1.165, 1.54) is 19.0 Å². The molecule has 6 nitrogen and oxygen atoms in total. The van der Waals surface area contributed by atoms with Gasteiger partial charge in [-0.2, -0.15) is 0 Å². The predicted molar refractivity (Wildman–Crippen MR) is 67.6 cm³/mol. The molecule has 2 saturated heterocycles. The van der Waals surface area contributed by atoms with Gasteiger partial charge in [0.25, 0.3) is 0 Å². The Labute approximate surface area is 105 Å². The van der Waals surface area contributed by atoms with Crippen molar-refractivity contribution >= 4 is 11.4 Å². The maximum absolute atomic E-state index is 11.0. The number of nitrogens with zero attached hydrogens (tertiary/aromatic N) is 3. The molecular formula is C12H16N4O2. The minimum absolute atomic E-state index is 0.108. The van der Waals surface area contributed by atoms with Crippen LogP contribution in [0.4, 0.5) is 11.4 Å². The normalized spacial score (nSPS) is 27.0. The molecule has 0 bridgehead atoms. The first kappa shape index (κ1) is 11.4. The molecule has 2 aliphatic heterocycles. The number of hydrogen-bond donors (Lipinski definition) is 1. The molecule has 0 aromatic carbocycles. The van der Waals surface area contributed by atoms with Gasteiger partial charge in [-0.1, -0.05) is 0 Å². The highest BCUT2D eigenvalue weighted by Gasteiger charge is 2.36. The molecule has 18 heavy (non-hydrogen) atoms. The summed E-state index contributed by atoms with van der Waals surface area (Å²) in [5.74, 6) is 0.617. The van der Waals surface area contributed by atoms with E-state index in [2.05, 4.69) is 15.2 Å². The number of aromatic nitrogens is 1. The van der Waals surface area contributed by atoms with Crippen molar-refractivity contribution in [1.29, 1.82) is 0 Å². The third-order valence-electron chi connectivity index (χ3n) is 3.91. The first-order valence-corrected chi connectivity index (χ1v) is 6.32. The Bertz CT molecular complexity index is 451. The van der Waals surface area contributed by atoms with Crippen molar-refractivity contribution in [2.75, 3.05) is 24.5 Å². The Morgan fingerprint density at radius 1 is 1.50 bits per heavy atom. The average Bonchev–Trinajstić information content (AvgIpc) is 2.82. The molecule has 2 fully saturated rings. The van der Waals surface area contributed by atoms with Crippen LogP contribution in [0.25, 0.3) is 0 Å². The van der Waals surface area contributed by atoms with Gasteiger partial charge >= 0.3 is 5.69 Å². The van der Waals surface area contributed by atoms with E-state index in [1.807, 2.05) is 0 Å². The van der Waals surface area contributed by atoms with Crippen LogP contribution in [-0.2, 0) is 0 Å². The number of fused-ring (bicyclic) bond motifs is 1. The van der Waals surface area contributed by atoms with Crippen molar-refractivity contribution in [2.45, 2.75) is 18.9 Å². The van der Waals surface area contributed by atoms with Crippen LogP contribution in [-0.4, -0.2) is 35.6 Å². The summed E-state index contributed by atoms with van der Waals surface area (Å²) >= 11 is 0. The number of nitrogens with one attached hydrogen (secondary N) is 1. The Morgan fingerprint density at radius 2 is 2.39 bits per heavy atom. The number of piperidine rings is 1. The number of pyridine rings is 1. The quantitative estimate of drug-likeness (QED) is 0.628. The molecule has 3 rings (SSSR count). The number of rotatable bonds is 2. The van der Waals surface area contributed by atoms with Crippen LogP contribution >= 0.6 is 0 Å². The number of hydrogen-bond acceptors (Lipinski definition) is 5. The zero-order valence-electron chi connectivity index (χ0n) is 10.1. The second kappa shape index (κ2) is 4.53. The highest BCUT2D eigenvalue weighted by Crippen LogP contribution is 2.33. The van der Waals surface area contributed by atoms with Crippen LogP contribution in [0.5, 0.6) is 0 Å². The molecule has 1 aromatic heterocycles. The molecule has 2 atom stereocenters. The molecule has 0 radical (unpaired) electrons. The van der Waals surface area contributed by atoms with Gasteiger partial charge in [-0.25, -0.2) is 0 Å². The van der Waals surface area contributed by atoms with E-state index < -0.39 is 0 Å². The summed E-state index contributed by atoms with van der Waals surface area (Å²) in [5, 5.41) is 14.5. The topological polar surface area (TPSA) is 71.3 Å². The summed E-state index contributed by atoms with van der Waals surface area (Å²) in [6.07, 6.45) is 5.38. The maximum Gasteiger partial charge on any atom is 0.310 e. The van der Waals surface area contributed by atoms with E-state index in [-0.39, 0.29) is 10.6 Å². The Morgan fingerprint density at radius 3 is 3.17 bits per heavy atom. The highest BCUT2D eigenvalue weighted by molar-refractivity contribution is 5.62. The molecule has 0 saturated carbocycles. The summed E-state index contributed by atoms with van der Waals surface area (Å²) in [5.41, 5.74) is 0.808. The van der Waals surface area contributed by atoms with Crippen LogP contribution in [0.15, 0.2) is 18.5 Å². The molecule has 6 heteroatoms. The first-order valence-electron chi connectivity index (χ1n) is 6.32. The zero-order valence-corrected chi connectivity index (χ0v) is 10.1. The Hall–Kier alpha value is -1.69. The Kier molecular flexibility index (Phi) is 2.87. The second-order valence-electron chi connectivity index (χ2n) is 4.99. The summed E-state index contributed by atoms with van der Waals surface area (Å²) in [6.45, 7) is 2.82. The van der Waals surface area contributed by atoms with Gasteiger partial charge in [0.15, 0.2) is 0 Å². The van der Waals surface area contributed by atoms with Crippen LogP contribution in [0.1, 0.15) is 12.8 Å². The minimum Gasteiger partial charge on any atom is -0.364 e. The summed E-state index contributed by atoms with van der Waals surface area (Å²) in [7, 11) is 0. The van der Waals surface area contributed by atoms with Crippen molar-refractivity contribution < 1.29 is 4.92 Å². The third kappa shape index (κ3) is 1.92. The van der Waals surface area contributed by atoms with Gasteiger partial charge in [0, 0.05) is 25.3 Å². The van der Waals surface area contributed by atoms with Gasteiger partial charge in [0.1, 0.15) is 11.9 Å². The van der Waals surface area contributed by atoms with Crippen molar-refractivity contribution in [2.24, 2.45) is 5.92 Å². The molecule has 2 aliphatic rings. The lowest BCUT2D eigenvalue weighted by atomic mass is 9.94. The average molecular weight is 248 g/mol. The van der Waals surface area contributed by atoms with Crippen molar-refractivity contribution in [3.8, 4) is 0 Å². The lowest BCUT2D eigenvalue weighted by Crippen LogP contribution is -2.40. The fraction of sp³-hybridized carbons (Fsp3) is 0.583. The van der Waals surface area contributed by atoms with E-state index in [0.717, 1.165) is 19.6 Å². The lowest BCUT2D eigenvalue weighted by molar-refractivity contribution is -0.384. The third-order valence-corrected chi connectivity index (χ3v) is 3.91. The molecule has 0 spiro atoms. The fourth-order valence-corrected chi connectivity index (χ4v) is 3.03.